The van der Waals surface area contributed by atoms with Crippen LogP contribution in [0, 0.1) is 0 Å². The average molecular weight is 212 g/mol. The van der Waals surface area contributed by atoms with Crippen molar-refractivity contribution < 1.29 is 0 Å². The second-order valence-electron chi connectivity index (χ2n) is 4.75. The van der Waals surface area contributed by atoms with Crippen molar-refractivity contribution in [3.63, 3.8) is 0 Å². The Balaban J connectivity index is 1.87. The summed E-state index contributed by atoms with van der Waals surface area (Å²) in [6.07, 6.45) is 5.09. The molecule has 2 aliphatic heterocycles. The minimum atomic E-state index is 0.412. The maximum atomic E-state index is 4.61. The molecule has 1 unspecified atom stereocenters. The Hall–Kier alpha value is -0.180. The maximum absolute atomic E-state index is 4.61. The molecular formula is C11H20N2S. The largest absolute Gasteiger partial charge is 0.369 e. The van der Waals surface area contributed by atoms with Crippen molar-refractivity contribution in [2.24, 2.45) is 4.99 Å². The summed E-state index contributed by atoms with van der Waals surface area (Å²) >= 11 is 2.05. The second kappa shape index (κ2) is 4.13. The maximum Gasteiger partial charge on any atom is 0.0965 e. The fourth-order valence-electron chi connectivity index (χ4n) is 1.91. The average Bonchev–Trinajstić information content (AvgIpc) is 2.41. The highest BCUT2D eigenvalue weighted by atomic mass is 32.2. The standard InChI is InChI=1S/C11H20N2S/c1-11(2)9(8-14-11)13-10-6-4-3-5-7-12-10/h9H,3-8H2,1-2H3,(H,12,13). The van der Waals surface area contributed by atoms with Crippen molar-refractivity contribution in [2.75, 3.05) is 12.3 Å². The van der Waals surface area contributed by atoms with Crippen molar-refractivity contribution >= 4 is 17.6 Å². The van der Waals surface area contributed by atoms with Gasteiger partial charge in [-0.25, -0.2) is 0 Å². The van der Waals surface area contributed by atoms with Crippen LogP contribution in [0.15, 0.2) is 4.99 Å². The van der Waals surface area contributed by atoms with Gasteiger partial charge in [0.15, 0.2) is 0 Å². The van der Waals surface area contributed by atoms with Gasteiger partial charge in [0.25, 0.3) is 0 Å². The van der Waals surface area contributed by atoms with E-state index in [0.717, 1.165) is 13.0 Å². The van der Waals surface area contributed by atoms with E-state index in [1.54, 1.807) is 0 Å². The molecule has 0 bridgehead atoms. The summed E-state index contributed by atoms with van der Waals surface area (Å²) in [5.74, 6) is 2.51. The van der Waals surface area contributed by atoms with Crippen molar-refractivity contribution in [1.29, 1.82) is 0 Å². The molecule has 1 N–H and O–H groups in total. The summed E-state index contributed by atoms with van der Waals surface area (Å²) < 4.78 is 0.412. The zero-order valence-electron chi connectivity index (χ0n) is 9.18. The number of thioether (sulfide) groups is 1. The summed E-state index contributed by atoms with van der Waals surface area (Å²) in [4.78, 5) is 4.61. The van der Waals surface area contributed by atoms with E-state index in [1.165, 1.54) is 30.9 Å². The number of amidine groups is 1. The molecule has 2 nitrogen and oxygen atoms in total. The molecule has 0 aromatic rings. The van der Waals surface area contributed by atoms with Gasteiger partial charge < -0.3 is 5.32 Å². The van der Waals surface area contributed by atoms with Crippen LogP contribution >= 0.6 is 11.8 Å². The summed E-state index contributed by atoms with van der Waals surface area (Å²) in [6, 6.07) is 0.643. The third-order valence-corrected chi connectivity index (χ3v) is 4.70. The van der Waals surface area contributed by atoms with Gasteiger partial charge >= 0.3 is 0 Å². The summed E-state index contributed by atoms with van der Waals surface area (Å²) in [5, 5.41) is 3.61. The normalized spacial score (nSPS) is 31.3. The second-order valence-corrected chi connectivity index (χ2v) is 6.42. The van der Waals surface area contributed by atoms with Gasteiger partial charge in [-0.2, -0.15) is 11.8 Å². The Morgan fingerprint density at radius 2 is 2.21 bits per heavy atom. The van der Waals surface area contributed by atoms with Crippen molar-refractivity contribution in [2.45, 2.75) is 50.3 Å². The van der Waals surface area contributed by atoms with E-state index in [2.05, 4.69) is 24.2 Å². The molecule has 0 saturated carbocycles. The first-order valence-electron chi connectivity index (χ1n) is 5.62. The highest BCUT2D eigenvalue weighted by Gasteiger charge is 2.39. The minimum absolute atomic E-state index is 0.412. The van der Waals surface area contributed by atoms with E-state index in [1.807, 2.05) is 11.8 Å². The third-order valence-electron chi connectivity index (χ3n) is 3.18. The van der Waals surface area contributed by atoms with Crippen LogP contribution in [0.2, 0.25) is 0 Å². The van der Waals surface area contributed by atoms with Crippen LogP contribution in [0.25, 0.3) is 0 Å². The van der Waals surface area contributed by atoms with Gasteiger partial charge in [0.2, 0.25) is 0 Å². The Morgan fingerprint density at radius 3 is 2.86 bits per heavy atom. The van der Waals surface area contributed by atoms with E-state index in [4.69, 9.17) is 0 Å². The van der Waals surface area contributed by atoms with Crippen LogP contribution in [0.3, 0.4) is 0 Å². The van der Waals surface area contributed by atoms with E-state index in [-0.39, 0.29) is 0 Å². The molecule has 1 saturated heterocycles. The SMILES string of the molecule is CC1(C)SCC1NC1=NCCCCC1. The number of nitrogens with one attached hydrogen (secondary N) is 1. The van der Waals surface area contributed by atoms with Gasteiger partial charge in [0, 0.05) is 23.5 Å². The lowest BCUT2D eigenvalue weighted by atomic mass is 10.0. The number of hydrogen-bond acceptors (Lipinski definition) is 3. The van der Waals surface area contributed by atoms with Crippen molar-refractivity contribution in [3.8, 4) is 0 Å². The predicted octanol–water partition coefficient (Wildman–Crippen LogP) is 2.44. The van der Waals surface area contributed by atoms with E-state index in [0.29, 0.717) is 10.8 Å². The molecular weight excluding hydrogens is 192 g/mol. The van der Waals surface area contributed by atoms with Crippen LogP contribution in [0.1, 0.15) is 39.5 Å². The molecule has 2 heterocycles. The Bertz CT molecular complexity index is 235. The predicted molar refractivity (Wildman–Crippen MR) is 64.2 cm³/mol. The fourth-order valence-corrected chi connectivity index (χ4v) is 3.05. The molecule has 0 aromatic heterocycles. The van der Waals surface area contributed by atoms with Gasteiger partial charge in [0.05, 0.1) is 11.9 Å². The first-order valence-corrected chi connectivity index (χ1v) is 6.61. The number of nitrogens with zero attached hydrogens (tertiary/aromatic N) is 1. The quantitative estimate of drug-likeness (QED) is 0.722. The first-order chi connectivity index (χ1) is 6.68. The Labute approximate surface area is 90.9 Å². The van der Waals surface area contributed by atoms with Gasteiger partial charge in [0.1, 0.15) is 0 Å². The smallest absolute Gasteiger partial charge is 0.0965 e. The summed E-state index contributed by atoms with van der Waals surface area (Å²) in [6.45, 7) is 5.66. The van der Waals surface area contributed by atoms with Crippen LogP contribution in [0.4, 0.5) is 0 Å². The van der Waals surface area contributed by atoms with Gasteiger partial charge in [-0.3, -0.25) is 4.99 Å². The molecule has 3 heteroatoms. The topological polar surface area (TPSA) is 24.4 Å². The lowest BCUT2D eigenvalue weighted by Crippen LogP contribution is -2.56. The van der Waals surface area contributed by atoms with Gasteiger partial charge in [-0.05, 0) is 26.7 Å². The molecule has 2 rings (SSSR count). The van der Waals surface area contributed by atoms with E-state index >= 15 is 0 Å². The van der Waals surface area contributed by atoms with Crippen molar-refractivity contribution in [3.05, 3.63) is 0 Å². The van der Waals surface area contributed by atoms with Crippen LogP contribution < -0.4 is 5.32 Å². The van der Waals surface area contributed by atoms with E-state index in [9.17, 15) is 0 Å². The molecule has 0 spiro atoms. The molecule has 1 fully saturated rings. The molecule has 0 amide bonds. The zero-order valence-corrected chi connectivity index (χ0v) is 9.99. The number of aliphatic imine (C=N–C) groups is 1. The lowest BCUT2D eigenvalue weighted by Gasteiger charge is -2.44. The molecule has 80 valence electrons. The molecule has 1 atom stereocenters. The number of hydrogen-bond donors (Lipinski definition) is 1. The summed E-state index contributed by atoms with van der Waals surface area (Å²) in [7, 11) is 0. The van der Waals surface area contributed by atoms with Crippen LogP contribution in [0.5, 0.6) is 0 Å². The number of rotatable bonds is 1. The molecule has 2 aliphatic rings. The lowest BCUT2D eigenvalue weighted by molar-refractivity contribution is 0.496. The fraction of sp³-hybridized carbons (Fsp3) is 0.909. The van der Waals surface area contributed by atoms with Gasteiger partial charge in [-0.15, -0.1) is 0 Å². The highest BCUT2D eigenvalue weighted by Crippen LogP contribution is 2.39. The first kappa shape index (κ1) is 10.3. The molecule has 0 radical (unpaired) electrons. The van der Waals surface area contributed by atoms with Crippen molar-refractivity contribution in [1.82, 2.24) is 5.32 Å². The van der Waals surface area contributed by atoms with Crippen LogP contribution in [-0.4, -0.2) is 28.9 Å². The van der Waals surface area contributed by atoms with E-state index < -0.39 is 0 Å². The van der Waals surface area contributed by atoms with Crippen LogP contribution in [-0.2, 0) is 0 Å². The molecule has 14 heavy (non-hydrogen) atoms. The van der Waals surface area contributed by atoms with Gasteiger partial charge in [-0.1, -0.05) is 6.42 Å². The molecule has 0 aromatic carbocycles. The Morgan fingerprint density at radius 1 is 1.36 bits per heavy atom. The zero-order chi connectivity index (χ0) is 10.0. The minimum Gasteiger partial charge on any atom is -0.369 e. The Kier molecular flexibility index (Phi) is 3.05. The third kappa shape index (κ3) is 2.25. The monoisotopic (exact) mass is 212 g/mol. The molecule has 0 aliphatic carbocycles. The highest BCUT2D eigenvalue weighted by molar-refractivity contribution is 8.02. The summed E-state index contributed by atoms with van der Waals surface area (Å²) in [5.41, 5.74) is 0.